The third-order valence-corrected chi connectivity index (χ3v) is 2.54. The first-order valence-electron chi connectivity index (χ1n) is 5.38. The van der Waals surface area contributed by atoms with Crippen LogP contribution < -0.4 is 5.32 Å². The van der Waals surface area contributed by atoms with Crippen molar-refractivity contribution in [1.29, 1.82) is 10.5 Å². The molecule has 0 bridgehead atoms. The highest BCUT2D eigenvalue weighted by Crippen LogP contribution is 2.22. The summed E-state index contributed by atoms with van der Waals surface area (Å²) in [6.07, 6.45) is 0. The minimum absolute atomic E-state index is 0.498. The maximum absolute atomic E-state index is 8.92. The molecule has 2 rings (SSSR count). The largest absolute Gasteiger partial charge is 0.372 e. The number of aromatic nitrogens is 1. The average Bonchev–Trinajstić information content (AvgIpc) is 2.46. The third kappa shape index (κ3) is 2.14. The van der Waals surface area contributed by atoms with Crippen molar-refractivity contribution in [2.45, 2.75) is 0 Å². The quantitative estimate of drug-likeness (QED) is 0.866. The topological polar surface area (TPSA) is 72.5 Å². The molecule has 0 fully saturated rings. The molecule has 4 nitrogen and oxygen atoms in total. The molecule has 0 atom stereocenters. The first-order chi connectivity index (χ1) is 8.78. The summed E-state index contributed by atoms with van der Waals surface area (Å²) in [5.74, 6) is 0.539. The Balaban J connectivity index is 2.52. The molecule has 1 N–H and O–H groups in total. The van der Waals surface area contributed by atoms with Crippen LogP contribution in [0.1, 0.15) is 11.1 Å². The SMILES string of the molecule is CNc1nc(-c2cccc(C#N)c2)ccc1C#N. The highest BCUT2D eigenvalue weighted by atomic mass is 15.0. The zero-order chi connectivity index (χ0) is 13.0. The molecule has 0 amide bonds. The Bertz CT molecular complexity index is 662. The molecular formula is C14H10N4. The fourth-order valence-corrected chi connectivity index (χ4v) is 1.65. The van der Waals surface area contributed by atoms with Crippen LogP contribution in [0.5, 0.6) is 0 Å². The minimum Gasteiger partial charge on any atom is -0.372 e. The number of nitrogens with zero attached hydrogens (tertiary/aromatic N) is 3. The molecule has 1 heterocycles. The Morgan fingerprint density at radius 2 is 1.94 bits per heavy atom. The van der Waals surface area contributed by atoms with Crippen LogP contribution in [0.15, 0.2) is 36.4 Å². The van der Waals surface area contributed by atoms with Crippen LogP contribution in [-0.2, 0) is 0 Å². The van der Waals surface area contributed by atoms with Gasteiger partial charge in [0, 0.05) is 12.6 Å². The van der Waals surface area contributed by atoms with Gasteiger partial charge in [-0.2, -0.15) is 10.5 Å². The molecule has 0 aliphatic carbocycles. The second kappa shape index (κ2) is 4.99. The molecule has 0 aliphatic rings. The first-order valence-corrected chi connectivity index (χ1v) is 5.38. The molecule has 86 valence electrons. The molecule has 0 aliphatic heterocycles. The van der Waals surface area contributed by atoms with E-state index in [4.69, 9.17) is 10.5 Å². The average molecular weight is 234 g/mol. The van der Waals surface area contributed by atoms with Gasteiger partial charge in [-0.15, -0.1) is 0 Å². The number of nitriles is 2. The highest BCUT2D eigenvalue weighted by Gasteiger charge is 2.06. The fraction of sp³-hybridized carbons (Fsp3) is 0.0714. The van der Waals surface area contributed by atoms with Gasteiger partial charge in [0.25, 0.3) is 0 Å². The lowest BCUT2D eigenvalue weighted by Crippen LogP contribution is -1.97. The van der Waals surface area contributed by atoms with Crippen LogP contribution in [0, 0.1) is 22.7 Å². The lowest BCUT2D eigenvalue weighted by Gasteiger charge is -2.06. The van der Waals surface area contributed by atoms with Crippen LogP contribution in [0.3, 0.4) is 0 Å². The van der Waals surface area contributed by atoms with Crippen molar-refractivity contribution < 1.29 is 0 Å². The number of benzene rings is 1. The number of hydrogen-bond acceptors (Lipinski definition) is 4. The number of pyridine rings is 1. The highest BCUT2D eigenvalue weighted by molar-refractivity contribution is 5.65. The Labute approximate surface area is 105 Å². The molecule has 0 saturated carbocycles. The van der Waals surface area contributed by atoms with Crippen LogP contribution in [0.25, 0.3) is 11.3 Å². The lowest BCUT2D eigenvalue weighted by atomic mass is 10.1. The van der Waals surface area contributed by atoms with Crippen LogP contribution in [-0.4, -0.2) is 12.0 Å². The van der Waals surface area contributed by atoms with Gasteiger partial charge in [0.1, 0.15) is 11.9 Å². The van der Waals surface area contributed by atoms with E-state index < -0.39 is 0 Å². The van der Waals surface area contributed by atoms with Gasteiger partial charge in [-0.05, 0) is 24.3 Å². The van der Waals surface area contributed by atoms with E-state index in [1.807, 2.05) is 12.1 Å². The van der Waals surface area contributed by atoms with Gasteiger partial charge < -0.3 is 5.32 Å². The van der Waals surface area contributed by atoms with Crippen LogP contribution in [0.2, 0.25) is 0 Å². The van der Waals surface area contributed by atoms with E-state index in [2.05, 4.69) is 22.4 Å². The number of anilines is 1. The zero-order valence-corrected chi connectivity index (χ0v) is 9.81. The summed E-state index contributed by atoms with van der Waals surface area (Å²) in [6, 6.07) is 14.9. The van der Waals surface area contributed by atoms with E-state index in [9.17, 15) is 0 Å². The zero-order valence-electron chi connectivity index (χ0n) is 9.81. The minimum atomic E-state index is 0.498. The maximum atomic E-state index is 8.92. The van der Waals surface area contributed by atoms with Gasteiger partial charge in [0.05, 0.1) is 22.9 Å². The van der Waals surface area contributed by atoms with Crippen molar-refractivity contribution >= 4 is 5.82 Å². The second-order valence-corrected chi connectivity index (χ2v) is 3.65. The first kappa shape index (κ1) is 11.6. The predicted molar refractivity (Wildman–Crippen MR) is 68.6 cm³/mol. The Kier molecular flexibility index (Phi) is 3.22. The molecule has 0 spiro atoms. The molecule has 0 unspecified atom stereocenters. The molecule has 0 radical (unpaired) electrons. The predicted octanol–water partition coefficient (Wildman–Crippen LogP) is 2.53. The smallest absolute Gasteiger partial charge is 0.144 e. The van der Waals surface area contributed by atoms with Gasteiger partial charge in [0.2, 0.25) is 0 Å². The fourth-order valence-electron chi connectivity index (χ4n) is 1.65. The summed E-state index contributed by atoms with van der Waals surface area (Å²) in [6.45, 7) is 0. The van der Waals surface area contributed by atoms with Crippen molar-refractivity contribution in [3.8, 4) is 23.4 Å². The summed E-state index contributed by atoms with van der Waals surface area (Å²) in [7, 11) is 1.72. The number of rotatable bonds is 2. The second-order valence-electron chi connectivity index (χ2n) is 3.65. The van der Waals surface area contributed by atoms with Gasteiger partial charge in [-0.1, -0.05) is 12.1 Å². The van der Waals surface area contributed by atoms with Crippen LogP contribution >= 0.6 is 0 Å². The summed E-state index contributed by atoms with van der Waals surface area (Å²) >= 11 is 0. The van der Waals surface area contributed by atoms with Crippen molar-refractivity contribution in [3.05, 3.63) is 47.5 Å². The molecule has 0 saturated heterocycles. The van der Waals surface area contributed by atoms with Gasteiger partial charge >= 0.3 is 0 Å². The standard InChI is InChI=1S/C14H10N4/c1-17-14-12(9-16)5-6-13(18-14)11-4-2-3-10(7-11)8-15/h2-7H,1H3,(H,17,18). The van der Waals surface area contributed by atoms with E-state index in [-0.39, 0.29) is 0 Å². The molecule has 18 heavy (non-hydrogen) atoms. The van der Waals surface area contributed by atoms with Gasteiger partial charge in [0.15, 0.2) is 0 Å². The third-order valence-electron chi connectivity index (χ3n) is 2.54. The molecule has 4 heteroatoms. The van der Waals surface area contributed by atoms with Crippen molar-refractivity contribution in [2.24, 2.45) is 0 Å². The van der Waals surface area contributed by atoms with E-state index in [1.165, 1.54) is 0 Å². The monoisotopic (exact) mass is 234 g/mol. The van der Waals surface area contributed by atoms with Crippen molar-refractivity contribution in [1.82, 2.24) is 4.98 Å². The molecule has 1 aromatic heterocycles. The number of hydrogen-bond donors (Lipinski definition) is 1. The van der Waals surface area contributed by atoms with Gasteiger partial charge in [-0.25, -0.2) is 4.98 Å². The van der Waals surface area contributed by atoms with Gasteiger partial charge in [-0.3, -0.25) is 0 Å². The van der Waals surface area contributed by atoms with E-state index in [0.717, 1.165) is 11.3 Å². The van der Waals surface area contributed by atoms with E-state index in [1.54, 1.807) is 31.3 Å². The molecular weight excluding hydrogens is 224 g/mol. The van der Waals surface area contributed by atoms with E-state index >= 15 is 0 Å². The van der Waals surface area contributed by atoms with E-state index in [0.29, 0.717) is 16.9 Å². The van der Waals surface area contributed by atoms with Crippen molar-refractivity contribution in [2.75, 3.05) is 12.4 Å². The lowest BCUT2D eigenvalue weighted by molar-refractivity contribution is 1.26. The summed E-state index contributed by atoms with van der Waals surface area (Å²) < 4.78 is 0. The normalized spacial score (nSPS) is 9.28. The summed E-state index contributed by atoms with van der Waals surface area (Å²) in [4.78, 5) is 4.36. The number of nitrogens with one attached hydrogen (secondary N) is 1. The molecule has 2 aromatic rings. The Morgan fingerprint density at radius 1 is 1.11 bits per heavy atom. The Morgan fingerprint density at radius 3 is 2.61 bits per heavy atom. The summed E-state index contributed by atoms with van der Waals surface area (Å²) in [5, 5.41) is 20.7. The maximum Gasteiger partial charge on any atom is 0.144 e. The Hall–Kier alpha value is -2.85. The molecule has 1 aromatic carbocycles. The van der Waals surface area contributed by atoms with Crippen molar-refractivity contribution in [3.63, 3.8) is 0 Å². The van der Waals surface area contributed by atoms with Crippen LogP contribution in [0.4, 0.5) is 5.82 Å². The summed E-state index contributed by atoms with van der Waals surface area (Å²) in [5.41, 5.74) is 2.67.